The molecule has 1 atom stereocenters. The van der Waals surface area contributed by atoms with E-state index in [1.54, 1.807) is 0 Å². The first-order chi connectivity index (χ1) is 6.75. The molecule has 2 heterocycles. The molecule has 78 valence electrons. The van der Waals surface area contributed by atoms with Gasteiger partial charge in [-0.15, -0.1) is 0 Å². The fraction of sp³-hybridized carbons (Fsp3) is 0.556. The van der Waals surface area contributed by atoms with Gasteiger partial charge in [-0.1, -0.05) is 0 Å². The van der Waals surface area contributed by atoms with Crippen LogP contribution in [-0.2, 0) is 6.54 Å². The van der Waals surface area contributed by atoms with Crippen LogP contribution in [0, 0.1) is 0 Å². The summed E-state index contributed by atoms with van der Waals surface area (Å²) in [5.74, 6) is 3.48. The van der Waals surface area contributed by atoms with Gasteiger partial charge in [0.2, 0.25) is 0 Å². The monoisotopic (exact) mass is 339 g/mol. The zero-order valence-electron chi connectivity index (χ0n) is 7.56. The summed E-state index contributed by atoms with van der Waals surface area (Å²) in [5, 5.41) is 3.48. The standard InChI is InChI=1S/C9H11Br2NOS/c10-8-3-7(13-9(8)11)4-12-6-1-2-14-5-6/h3,6,12H,1-2,4-5H2. The van der Waals surface area contributed by atoms with Crippen molar-refractivity contribution in [3.63, 3.8) is 0 Å². The Morgan fingerprint density at radius 3 is 3.00 bits per heavy atom. The molecule has 2 rings (SSSR count). The molecule has 1 aliphatic rings. The van der Waals surface area contributed by atoms with Gasteiger partial charge in [0.15, 0.2) is 4.67 Å². The molecule has 0 radical (unpaired) electrons. The summed E-state index contributed by atoms with van der Waals surface area (Å²) in [5.41, 5.74) is 0. The molecule has 0 bridgehead atoms. The van der Waals surface area contributed by atoms with Crippen molar-refractivity contribution in [2.75, 3.05) is 11.5 Å². The topological polar surface area (TPSA) is 25.2 Å². The van der Waals surface area contributed by atoms with E-state index in [4.69, 9.17) is 4.42 Å². The predicted octanol–water partition coefficient (Wildman–Crippen LogP) is 3.40. The smallest absolute Gasteiger partial charge is 0.183 e. The molecule has 1 N–H and O–H groups in total. The van der Waals surface area contributed by atoms with Crippen LogP contribution in [-0.4, -0.2) is 17.5 Å². The molecule has 0 aromatic carbocycles. The van der Waals surface area contributed by atoms with Crippen molar-refractivity contribution in [3.05, 3.63) is 21.0 Å². The van der Waals surface area contributed by atoms with Crippen LogP contribution in [0.3, 0.4) is 0 Å². The van der Waals surface area contributed by atoms with E-state index >= 15 is 0 Å². The van der Waals surface area contributed by atoms with Gasteiger partial charge in [0, 0.05) is 11.8 Å². The zero-order chi connectivity index (χ0) is 9.97. The lowest BCUT2D eigenvalue weighted by molar-refractivity contribution is 0.444. The van der Waals surface area contributed by atoms with E-state index in [0.717, 1.165) is 21.4 Å². The highest BCUT2D eigenvalue weighted by Crippen LogP contribution is 2.27. The highest BCUT2D eigenvalue weighted by atomic mass is 79.9. The number of hydrogen-bond donors (Lipinski definition) is 1. The van der Waals surface area contributed by atoms with E-state index in [2.05, 4.69) is 37.2 Å². The van der Waals surface area contributed by atoms with E-state index in [1.165, 1.54) is 17.9 Å². The summed E-state index contributed by atoms with van der Waals surface area (Å²) >= 11 is 8.74. The average Bonchev–Trinajstić information content (AvgIpc) is 2.74. The SMILES string of the molecule is Brc1cc(CNC2CCSC2)oc1Br. The van der Waals surface area contributed by atoms with Crippen molar-refractivity contribution < 1.29 is 4.42 Å². The predicted molar refractivity (Wildman–Crippen MR) is 66.7 cm³/mol. The molecular weight excluding hydrogens is 330 g/mol. The number of thioether (sulfide) groups is 1. The third kappa shape index (κ3) is 2.78. The summed E-state index contributed by atoms with van der Waals surface area (Å²) in [7, 11) is 0. The second-order valence-corrected chi connectivity index (χ2v) is 6.00. The molecule has 1 aromatic heterocycles. The third-order valence-corrected chi connectivity index (χ3v) is 5.06. The molecule has 0 aliphatic carbocycles. The van der Waals surface area contributed by atoms with E-state index in [9.17, 15) is 0 Å². The minimum atomic E-state index is 0.655. The first kappa shape index (κ1) is 11.0. The number of nitrogens with one attached hydrogen (secondary N) is 1. The largest absolute Gasteiger partial charge is 0.452 e. The Morgan fingerprint density at radius 2 is 2.43 bits per heavy atom. The lowest BCUT2D eigenvalue weighted by atomic mass is 10.2. The maximum absolute atomic E-state index is 5.47. The molecule has 0 amide bonds. The minimum Gasteiger partial charge on any atom is -0.452 e. The maximum Gasteiger partial charge on any atom is 0.183 e. The van der Waals surface area contributed by atoms with Crippen molar-refractivity contribution >= 4 is 43.6 Å². The second-order valence-electron chi connectivity index (χ2n) is 3.28. The Kier molecular flexibility index (Phi) is 3.99. The van der Waals surface area contributed by atoms with E-state index in [-0.39, 0.29) is 0 Å². The summed E-state index contributed by atoms with van der Waals surface area (Å²) in [6.45, 7) is 0.815. The molecule has 1 saturated heterocycles. The van der Waals surface area contributed by atoms with Crippen LogP contribution in [0.2, 0.25) is 0 Å². The van der Waals surface area contributed by atoms with Crippen LogP contribution in [0.5, 0.6) is 0 Å². The van der Waals surface area contributed by atoms with Gasteiger partial charge in [-0.2, -0.15) is 11.8 Å². The molecule has 1 fully saturated rings. The maximum atomic E-state index is 5.47. The van der Waals surface area contributed by atoms with E-state index < -0.39 is 0 Å². The summed E-state index contributed by atoms with van der Waals surface area (Å²) in [6.07, 6.45) is 1.27. The van der Waals surface area contributed by atoms with Crippen LogP contribution in [0.4, 0.5) is 0 Å². The van der Waals surface area contributed by atoms with Gasteiger partial charge in [0.05, 0.1) is 11.0 Å². The summed E-state index contributed by atoms with van der Waals surface area (Å²) in [6, 6.07) is 2.65. The Bertz CT molecular complexity index is 290. The summed E-state index contributed by atoms with van der Waals surface area (Å²) < 4.78 is 7.23. The first-order valence-corrected chi connectivity index (χ1v) is 7.24. The van der Waals surface area contributed by atoms with Crippen LogP contribution in [0.1, 0.15) is 12.2 Å². The van der Waals surface area contributed by atoms with Crippen LogP contribution in [0.15, 0.2) is 19.6 Å². The van der Waals surface area contributed by atoms with E-state index in [1.807, 2.05) is 17.8 Å². The lowest BCUT2D eigenvalue weighted by Gasteiger charge is -2.08. The van der Waals surface area contributed by atoms with Crippen LogP contribution >= 0.6 is 43.6 Å². The van der Waals surface area contributed by atoms with Gasteiger partial charge in [0.1, 0.15) is 5.76 Å². The third-order valence-electron chi connectivity index (χ3n) is 2.19. The number of furan rings is 1. The molecule has 0 spiro atoms. The molecule has 1 aliphatic heterocycles. The van der Waals surface area contributed by atoms with Crippen molar-refractivity contribution in [2.24, 2.45) is 0 Å². The second kappa shape index (κ2) is 5.05. The normalized spacial score (nSPS) is 21.7. The van der Waals surface area contributed by atoms with Gasteiger partial charge in [0.25, 0.3) is 0 Å². The minimum absolute atomic E-state index is 0.655. The number of rotatable bonds is 3. The Hall–Kier alpha value is 0.550. The first-order valence-electron chi connectivity index (χ1n) is 4.50. The number of halogens is 2. The Morgan fingerprint density at radius 1 is 1.57 bits per heavy atom. The highest BCUT2D eigenvalue weighted by Gasteiger charge is 2.15. The van der Waals surface area contributed by atoms with Gasteiger partial charge in [-0.3, -0.25) is 0 Å². The van der Waals surface area contributed by atoms with Crippen molar-refractivity contribution in [3.8, 4) is 0 Å². The average molecular weight is 341 g/mol. The molecule has 1 aromatic rings. The quantitative estimate of drug-likeness (QED) is 0.912. The van der Waals surface area contributed by atoms with E-state index in [0.29, 0.717) is 6.04 Å². The van der Waals surface area contributed by atoms with Gasteiger partial charge >= 0.3 is 0 Å². The van der Waals surface area contributed by atoms with Gasteiger partial charge < -0.3 is 9.73 Å². The highest BCUT2D eigenvalue weighted by molar-refractivity contribution is 9.13. The Balaban J connectivity index is 1.85. The number of hydrogen-bond acceptors (Lipinski definition) is 3. The van der Waals surface area contributed by atoms with Crippen LogP contribution < -0.4 is 5.32 Å². The van der Waals surface area contributed by atoms with Crippen molar-refractivity contribution in [1.29, 1.82) is 0 Å². The molecule has 2 nitrogen and oxygen atoms in total. The molecule has 14 heavy (non-hydrogen) atoms. The Labute approximate surface area is 104 Å². The lowest BCUT2D eigenvalue weighted by Crippen LogP contribution is -2.27. The molecule has 5 heteroatoms. The summed E-state index contributed by atoms with van der Waals surface area (Å²) in [4.78, 5) is 0. The molecule has 1 unspecified atom stereocenters. The van der Waals surface area contributed by atoms with Gasteiger partial charge in [-0.05, 0) is 50.1 Å². The molecular formula is C9H11Br2NOS. The fourth-order valence-corrected chi connectivity index (χ4v) is 3.26. The fourth-order valence-electron chi connectivity index (χ4n) is 1.42. The van der Waals surface area contributed by atoms with Gasteiger partial charge in [-0.25, -0.2) is 0 Å². The van der Waals surface area contributed by atoms with Crippen LogP contribution in [0.25, 0.3) is 0 Å². The molecule has 0 saturated carbocycles. The zero-order valence-corrected chi connectivity index (χ0v) is 11.5. The van der Waals surface area contributed by atoms with Crippen molar-refractivity contribution in [2.45, 2.75) is 19.0 Å². The van der Waals surface area contributed by atoms with Crippen molar-refractivity contribution in [1.82, 2.24) is 5.32 Å².